The minimum Gasteiger partial charge on any atom is -0.372 e. The second kappa shape index (κ2) is 6.81. The van der Waals surface area contributed by atoms with Gasteiger partial charge in [-0.05, 0) is 18.9 Å². The van der Waals surface area contributed by atoms with E-state index in [-0.39, 0.29) is 6.10 Å². The zero-order valence-corrected chi connectivity index (χ0v) is 13.8. The molecule has 1 saturated heterocycles. The summed E-state index contributed by atoms with van der Waals surface area (Å²) in [6, 6.07) is 2.04. The number of nitrogens with one attached hydrogen (secondary N) is 1. The SMILES string of the molecule is Cn1cc(Cl)c(CNC[C@@H]2CCCO[C@H]2c2ccnn2C)n1. The molecule has 0 spiro atoms. The lowest BCUT2D eigenvalue weighted by Crippen LogP contribution is -2.32. The van der Waals surface area contributed by atoms with Gasteiger partial charge in [-0.15, -0.1) is 0 Å². The Bertz CT molecular complexity index is 623. The van der Waals surface area contributed by atoms with Crippen molar-refractivity contribution in [1.29, 1.82) is 0 Å². The van der Waals surface area contributed by atoms with Gasteiger partial charge in [-0.25, -0.2) is 0 Å². The number of ether oxygens (including phenoxy) is 1. The number of halogens is 1. The van der Waals surface area contributed by atoms with E-state index in [1.807, 2.05) is 37.2 Å². The van der Waals surface area contributed by atoms with Gasteiger partial charge in [0.15, 0.2) is 0 Å². The normalized spacial score (nSPS) is 22.1. The standard InChI is InChI=1S/C15H22ClN5O/c1-20-10-12(16)13(19-20)9-17-8-11-4-3-7-22-15(11)14-5-6-18-21(14)2/h5-6,10-11,15,17H,3-4,7-9H2,1-2H3/t11-,15+/m0/s1. The first-order valence-electron chi connectivity index (χ1n) is 7.63. The van der Waals surface area contributed by atoms with Crippen LogP contribution in [0.5, 0.6) is 0 Å². The van der Waals surface area contributed by atoms with Crippen molar-refractivity contribution >= 4 is 11.6 Å². The van der Waals surface area contributed by atoms with Gasteiger partial charge in [0.05, 0.1) is 16.4 Å². The van der Waals surface area contributed by atoms with Gasteiger partial charge in [-0.3, -0.25) is 9.36 Å². The highest BCUT2D eigenvalue weighted by atomic mass is 35.5. The summed E-state index contributed by atoms with van der Waals surface area (Å²) in [7, 11) is 3.84. The molecule has 0 aromatic carbocycles. The van der Waals surface area contributed by atoms with E-state index in [2.05, 4.69) is 15.5 Å². The predicted molar refractivity (Wildman–Crippen MR) is 84.5 cm³/mol. The Balaban J connectivity index is 1.60. The third-order valence-electron chi connectivity index (χ3n) is 4.15. The molecule has 0 aliphatic carbocycles. The van der Waals surface area contributed by atoms with Crippen molar-refractivity contribution in [3.05, 3.63) is 34.9 Å². The van der Waals surface area contributed by atoms with Crippen LogP contribution in [-0.2, 0) is 25.4 Å². The van der Waals surface area contributed by atoms with Gasteiger partial charge in [0.25, 0.3) is 0 Å². The first-order valence-corrected chi connectivity index (χ1v) is 8.01. The fraction of sp³-hybridized carbons (Fsp3) is 0.600. The van der Waals surface area contributed by atoms with E-state index in [1.165, 1.54) is 0 Å². The maximum Gasteiger partial charge on any atom is 0.103 e. The minimum atomic E-state index is 0.105. The molecule has 6 nitrogen and oxygen atoms in total. The van der Waals surface area contributed by atoms with Gasteiger partial charge in [0, 0.05) is 52.1 Å². The molecular formula is C15H22ClN5O. The highest BCUT2D eigenvalue weighted by Crippen LogP contribution is 2.32. The molecule has 0 unspecified atom stereocenters. The summed E-state index contributed by atoms with van der Waals surface area (Å²) in [5, 5.41) is 12.8. The molecule has 2 aromatic heterocycles. The Labute approximate surface area is 135 Å². The maximum atomic E-state index is 6.14. The van der Waals surface area contributed by atoms with E-state index in [1.54, 1.807) is 4.68 Å². The molecule has 2 aromatic rings. The Morgan fingerprint density at radius 1 is 1.45 bits per heavy atom. The molecule has 1 aliphatic heterocycles. The van der Waals surface area contributed by atoms with Crippen LogP contribution in [0.15, 0.2) is 18.5 Å². The predicted octanol–water partition coefficient (Wildman–Crippen LogP) is 2.06. The van der Waals surface area contributed by atoms with E-state index in [9.17, 15) is 0 Å². The van der Waals surface area contributed by atoms with Gasteiger partial charge in [0.1, 0.15) is 6.10 Å². The molecule has 0 bridgehead atoms. The minimum absolute atomic E-state index is 0.105. The van der Waals surface area contributed by atoms with Crippen LogP contribution in [0.4, 0.5) is 0 Å². The maximum absolute atomic E-state index is 6.14. The van der Waals surface area contributed by atoms with Crippen LogP contribution in [0, 0.1) is 5.92 Å². The van der Waals surface area contributed by atoms with Crippen molar-refractivity contribution in [1.82, 2.24) is 24.9 Å². The summed E-state index contributed by atoms with van der Waals surface area (Å²) in [6.45, 7) is 2.37. The molecule has 3 rings (SSSR count). The summed E-state index contributed by atoms with van der Waals surface area (Å²) < 4.78 is 9.64. The number of hydrogen-bond donors (Lipinski definition) is 1. The number of nitrogens with zero attached hydrogens (tertiary/aromatic N) is 4. The average Bonchev–Trinajstić information content (AvgIpc) is 3.05. The summed E-state index contributed by atoms with van der Waals surface area (Å²) in [4.78, 5) is 0. The van der Waals surface area contributed by atoms with Gasteiger partial charge in [-0.2, -0.15) is 10.2 Å². The Hall–Kier alpha value is -1.37. The molecule has 2 atom stereocenters. The molecule has 7 heteroatoms. The van der Waals surface area contributed by atoms with Crippen molar-refractivity contribution in [2.24, 2.45) is 20.0 Å². The molecule has 1 fully saturated rings. The Kier molecular flexibility index (Phi) is 4.81. The molecule has 3 heterocycles. The first-order chi connectivity index (χ1) is 10.6. The lowest BCUT2D eigenvalue weighted by Gasteiger charge is -2.32. The largest absolute Gasteiger partial charge is 0.372 e. The summed E-state index contributed by atoms with van der Waals surface area (Å²) in [6.07, 6.45) is 6.00. The topological polar surface area (TPSA) is 56.9 Å². The summed E-state index contributed by atoms with van der Waals surface area (Å²) in [5.41, 5.74) is 2.03. The Morgan fingerprint density at radius 3 is 3.00 bits per heavy atom. The van der Waals surface area contributed by atoms with E-state index < -0.39 is 0 Å². The molecule has 120 valence electrons. The van der Waals surface area contributed by atoms with Crippen LogP contribution >= 0.6 is 11.6 Å². The van der Waals surface area contributed by atoms with Crippen molar-refractivity contribution in [3.8, 4) is 0 Å². The van der Waals surface area contributed by atoms with E-state index in [4.69, 9.17) is 16.3 Å². The third kappa shape index (κ3) is 3.34. The van der Waals surface area contributed by atoms with Crippen LogP contribution in [0.3, 0.4) is 0 Å². The molecule has 0 saturated carbocycles. The van der Waals surface area contributed by atoms with E-state index >= 15 is 0 Å². The lowest BCUT2D eigenvalue weighted by molar-refractivity contribution is -0.0323. The molecular weight excluding hydrogens is 302 g/mol. The zero-order valence-electron chi connectivity index (χ0n) is 13.0. The molecule has 0 amide bonds. The third-order valence-corrected chi connectivity index (χ3v) is 4.46. The second-order valence-electron chi connectivity index (χ2n) is 5.80. The van der Waals surface area contributed by atoms with Crippen LogP contribution in [-0.4, -0.2) is 32.7 Å². The van der Waals surface area contributed by atoms with Gasteiger partial charge in [0.2, 0.25) is 0 Å². The lowest BCUT2D eigenvalue weighted by atomic mass is 9.92. The number of rotatable bonds is 5. The van der Waals surface area contributed by atoms with Crippen molar-refractivity contribution in [3.63, 3.8) is 0 Å². The van der Waals surface area contributed by atoms with Crippen molar-refractivity contribution in [2.45, 2.75) is 25.5 Å². The highest BCUT2D eigenvalue weighted by Gasteiger charge is 2.29. The molecule has 1 N–H and O–H groups in total. The number of aryl methyl sites for hydroxylation is 2. The highest BCUT2D eigenvalue weighted by molar-refractivity contribution is 6.31. The summed E-state index contributed by atoms with van der Waals surface area (Å²) in [5.74, 6) is 0.437. The van der Waals surface area contributed by atoms with Crippen LogP contribution in [0.2, 0.25) is 5.02 Å². The fourth-order valence-electron chi connectivity index (χ4n) is 3.04. The number of hydrogen-bond acceptors (Lipinski definition) is 4. The van der Waals surface area contributed by atoms with Crippen LogP contribution in [0.1, 0.15) is 30.3 Å². The van der Waals surface area contributed by atoms with Crippen molar-refractivity contribution in [2.75, 3.05) is 13.2 Å². The van der Waals surface area contributed by atoms with E-state index in [0.29, 0.717) is 17.5 Å². The van der Waals surface area contributed by atoms with Gasteiger partial charge in [-0.1, -0.05) is 11.6 Å². The smallest absolute Gasteiger partial charge is 0.103 e. The molecule has 1 aliphatic rings. The monoisotopic (exact) mass is 323 g/mol. The molecule has 22 heavy (non-hydrogen) atoms. The van der Waals surface area contributed by atoms with Crippen molar-refractivity contribution < 1.29 is 4.74 Å². The summed E-state index contributed by atoms with van der Waals surface area (Å²) >= 11 is 6.14. The van der Waals surface area contributed by atoms with Crippen LogP contribution < -0.4 is 5.32 Å². The Morgan fingerprint density at radius 2 is 2.32 bits per heavy atom. The first kappa shape index (κ1) is 15.5. The number of aromatic nitrogens is 4. The average molecular weight is 324 g/mol. The van der Waals surface area contributed by atoms with Gasteiger partial charge >= 0.3 is 0 Å². The van der Waals surface area contributed by atoms with Gasteiger partial charge < -0.3 is 10.1 Å². The zero-order chi connectivity index (χ0) is 15.5. The second-order valence-corrected chi connectivity index (χ2v) is 6.21. The molecule has 0 radical (unpaired) electrons. The van der Waals surface area contributed by atoms with E-state index in [0.717, 1.165) is 37.4 Å². The van der Waals surface area contributed by atoms with Crippen LogP contribution in [0.25, 0.3) is 0 Å². The quantitative estimate of drug-likeness (QED) is 0.915. The fourth-order valence-corrected chi connectivity index (χ4v) is 3.29.